The van der Waals surface area contributed by atoms with E-state index in [-0.39, 0.29) is 22.5 Å². The van der Waals surface area contributed by atoms with Gasteiger partial charge in [-0.3, -0.25) is 0 Å². The van der Waals surface area contributed by atoms with E-state index in [2.05, 4.69) is 34.0 Å². The first-order valence-corrected chi connectivity index (χ1v) is 10.2. The molecule has 1 aliphatic rings. The predicted octanol–water partition coefficient (Wildman–Crippen LogP) is 3.70. The quantitative estimate of drug-likeness (QED) is 0.742. The number of piperazine rings is 1. The summed E-state index contributed by atoms with van der Waals surface area (Å²) in [4.78, 5) is 37.5. The summed E-state index contributed by atoms with van der Waals surface area (Å²) in [5.74, 6) is 1.43. The van der Waals surface area contributed by atoms with Gasteiger partial charge in [-0.1, -0.05) is 25.4 Å². The van der Waals surface area contributed by atoms with Gasteiger partial charge in [-0.15, -0.1) is 0 Å². The van der Waals surface area contributed by atoms with E-state index < -0.39 is 5.97 Å². The van der Waals surface area contributed by atoms with E-state index in [9.17, 15) is 9.59 Å². The number of nitrogens with one attached hydrogen (secondary N) is 1. The Morgan fingerprint density at radius 2 is 1.83 bits per heavy atom. The van der Waals surface area contributed by atoms with Crippen molar-refractivity contribution < 1.29 is 14.3 Å². The third kappa shape index (κ3) is 4.99. The van der Waals surface area contributed by atoms with Gasteiger partial charge in [-0.2, -0.15) is 0 Å². The Balaban J connectivity index is 1.63. The van der Waals surface area contributed by atoms with Gasteiger partial charge in [0.25, 0.3) is 0 Å². The SMILES string of the molecule is COC(=O)c1cc(NC(=O)N2CCN(c3cc(C)nc(C(C)C)n3)CC2)ccc1Cl. The Kier molecular flexibility index (Phi) is 6.77. The number of ether oxygens (including phenoxy) is 1. The molecule has 1 fully saturated rings. The highest BCUT2D eigenvalue weighted by atomic mass is 35.5. The number of anilines is 2. The molecule has 8 nitrogen and oxygen atoms in total. The number of carbonyl (C=O) groups is 2. The van der Waals surface area contributed by atoms with Crippen molar-refractivity contribution in [3.8, 4) is 0 Å². The van der Waals surface area contributed by atoms with Crippen LogP contribution in [0.5, 0.6) is 0 Å². The first-order chi connectivity index (χ1) is 14.3. The Morgan fingerprint density at radius 3 is 2.47 bits per heavy atom. The number of rotatable bonds is 4. The number of benzene rings is 1. The minimum absolute atomic E-state index is 0.210. The number of esters is 1. The fraction of sp³-hybridized carbons (Fsp3) is 0.429. The van der Waals surface area contributed by atoms with Crippen LogP contribution in [-0.4, -0.2) is 60.2 Å². The van der Waals surface area contributed by atoms with Crippen LogP contribution in [0.1, 0.15) is 41.6 Å². The summed E-state index contributed by atoms with van der Waals surface area (Å²) in [5.41, 5.74) is 1.63. The number of amides is 2. The summed E-state index contributed by atoms with van der Waals surface area (Å²) in [6, 6.07) is 6.48. The van der Waals surface area contributed by atoms with Crippen molar-refractivity contribution in [2.24, 2.45) is 0 Å². The molecule has 1 aromatic heterocycles. The molecule has 2 heterocycles. The topological polar surface area (TPSA) is 87.7 Å². The van der Waals surface area contributed by atoms with Crippen LogP contribution in [0.3, 0.4) is 0 Å². The Labute approximate surface area is 181 Å². The molecule has 2 aromatic rings. The summed E-state index contributed by atoms with van der Waals surface area (Å²) in [6.45, 7) is 8.58. The Bertz CT molecular complexity index is 942. The number of hydrogen-bond acceptors (Lipinski definition) is 6. The maximum absolute atomic E-state index is 12.7. The average Bonchev–Trinajstić information content (AvgIpc) is 2.74. The van der Waals surface area contributed by atoms with E-state index in [1.807, 2.05) is 13.0 Å². The summed E-state index contributed by atoms with van der Waals surface area (Å²) in [5, 5.41) is 3.09. The Hall–Kier alpha value is -2.87. The van der Waals surface area contributed by atoms with Gasteiger partial charge in [-0.05, 0) is 25.1 Å². The van der Waals surface area contributed by atoms with E-state index >= 15 is 0 Å². The lowest BCUT2D eigenvalue weighted by Crippen LogP contribution is -2.50. The fourth-order valence-corrected chi connectivity index (χ4v) is 3.40. The molecule has 1 N–H and O–H groups in total. The van der Waals surface area contributed by atoms with Gasteiger partial charge in [0.15, 0.2) is 0 Å². The lowest BCUT2D eigenvalue weighted by molar-refractivity contribution is 0.0601. The molecule has 30 heavy (non-hydrogen) atoms. The molecule has 160 valence electrons. The van der Waals surface area contributed by atoms with Gasteiger partial charge in [0, 0.05) is 49.5 Å². The number of nitrogens with zero attached hydrogens (tertiary/aromatic N) is 4. The van der Waals surface area contributed by atoms with Gasteiger partial charge in [0.2, 0.25) is 0 Å². The molecular formula is C21H26ClN5O3. The molecule has 0 aliphatic carbocycles. The number of methoxy groups -OCH3 is 1. The maximum Gasteiger partial charge on any atom is 0.339 e. The van der Waals surface area contributed by atoms with E-state index in [1.165, 1.54) is 13.2 Å². The second-order valence-electron chi connectivity index (χ2n) is 7.47. The molecule has 9 heteroatoms. The highest BCUT2D eigenvalue weighted by molar-refractivity contribution is 6.33. The van der Waals surface area contributed by atoms with Crippen LogP contribution in [0.25, 0.3) is 0 Å². The fourth-order valence-electron chi connectivity index (χ4n) is 3.21. The van der Waals surface area contributed by atoms with Crippen LogP contribution in [0.15, 0.2) is 24.3 Å². The first kappa shape index (κ1) is 21.8. The van der Waals surface area contributed by atoms with Crippen molar-refractivity contribution in [1.29, 1.82) is 0 Å². The molecule has 2 amide bonds. The van der Waals surface area contributed by atoms with Crippen LogP contribution < -0.4 is 10.2 Å². The number of aryl methyl sites for hydroxylation is 1. The van der Waals surface area contributed by atoms with E-state index in [1.54, 1.807) is 17.0 Å². The predicted molar refractivity (Wildman–Crippen MR) is 116 cm³/mol. The van der Waals surface area contributed by atoms with Crippen LogP contribution in [0.2, 0.25) is 5.02 Å². The maximum atomic E-state index is 12.7. The molecule has 0 saturated carbocycles. The second-order valence-corrected chi connectivity index (χ2v) is 7.88. The normalized spacial score (nSPS) is 14.1. The van der Waals surface area contributed by atoms with Crippen molar-refractivity contribution in [3.63, 3.8) is 0 Å². The van der Waals surface area contributed by atoms with Crippen molar-refractivity contribution in [3.05, 3.63) is 46.4 Å². The van der Waals surface area contributed by atoms with Crippen molar-refractivity contribution in [2.75, 3.05) is 43.5 Å². The molecular weight excluding hydrogens is 406 g/mol. The average molecular weight is 432 g/mol. The van der Waals surface area contributed by atoms with Crippen molar-refractivity contribution in [1.82, 2.24) is 14.9 Å². The van der Waals surface area contributed by atoms with Crippen LogP contribution in [0, 0.1) is 6.92 Å². The summed E-state index contributed by atoms with van der Waals surface area (Å²) >= 11 is 6.03. The monoisotopic (exact) mass is 431 g/mol. The smallest absolute Gasteiger partial charge is 0.339 e. The van der Waals surface area contributed by atoms with Crippen LogP contribution >= 0.6 is 11.6 Å². The lowest BCUT2D eigenvalue weighted by Gasteiger charge is -2.35. The molecule has 0 unspecified atom stereocenters. The van der Waals surface area contributed by atoms with Gasteiger partial charge < -0.3 is 19.9 Å². The number of carbonyl (C=O) groups excluding carboxylic acids is 2. The number of hydrogen-bond donors (Lipinski definition) is 1. The van der Waals surface area contributed by atoms with Gasteiger partial charge in [-0.25, -0.2) is 19.6 Å². The summed E-state index contributed by atoms with van der Waals surface area (Å²) < 4.78 is 4.72. The zero-order valence-electron chi connectivity index (χ0n) is 17.6. The molecule has 1 aliphatic heterocycles. The molecule has 0 atom stereocenters. The zero-order chi connectivity index (χ0) is 21.8. The molecule has 1 saturated heterocycles. The standard InChI is InChI=1S/C21H26ClN5O3/c1-13(2)19-23-14(3)11-18(25-19)26-7-9-27(10-8-26)21(29)24-15-5-6-17(22)16(12-15)20(28)30-4/h5-6,11-13H,7-10H2,1-4H3,(H,24,29). The van der Waals surface area contributed by atoms with Crippen molar-refractivity contribution >= 4 is 35.1 Å². The van der Waals surface area contributed by atoms with Gasteiger partial charge in [0.1, 0.15) is 11.6 Å². The number of urea groups is 1. The third-order valence-corrected chi connectivity index (χ3v) is 5.22. The highest BCUT2D eigenvalue weighted by Crippen LogP contribution is 2.22. The zero-order valence-corrected chi connectivity index (χ0v) is 18.4. The minimum Gasteiger partial charge on any atom is -0.465 e. The molecule has 1 aromatic carbocycles. The van der Waals surface area contributed by atoms with Gasteiger partial charge in [0.05, 0.1) is 17.7 Å². The molecule has 0 bridgehead atoms. The van der Waals surface area contributed by atoms with E-state index in [0.29, 0.717) is 31.9 Å². The van der Waals surface area contributed by atoms with Crippen LogP contribution in [-0.2, 0) is 4.74 Å². The minimum atomic E-state index is -0.550. The third-order valence-electron chi connectivity index (χ3n) is 4.89. The van der Waals surface area contributed by atoms with Crippen LogP contribution in [0.4, 0.5) is 16.3 Å². The molecule has 3 rings (SSSR count). The van der Waals surface area contributed by atoms with Gasteiger partial charge >= 0.3 is 12.0 Å². The highest BCUT2D eigenvalue weighted by Gasteiger charge is 2.23. The Morgan fingerprint density at radius 1 is 1.13 bits per heavy atom. The second kappa shape index (κ2) is 9.30. The number of aromatic nitrogens is 2. The number of halogens is 1. The lowest BCUT2D eigenvalue weighted by atomic mass is 10.2. The van der Waals surface area contributed by atoms with Crippen molar-refractivity contribution in [2.45, 2.75) is 26.7 Å². The first-order valence-electron chi connectivity index (χ1n) is 9.82. The van der Waals surface area contributed by atoms with E-state index in [4.69, 9.17) is 16.3 Å². The summed E-state index contributed by atoms with van der Waals surface area (Å²) in [7, 11) is 1.28. The van der Waals surface area contributed by atoms with E-state index in [0.717, 1.165) is 17.3 Å². The molecule has 0 spiro atoms. The largest absolute Gasteiger partial charge is 0.465 e. The molecule has 0 radical (unpaired) electrons. The summed E-state index contributed by atoms with van der Waals surface area (Å²) in [6.07, 6.45) is 0.